The fourth-order valence-electron chi connectivity index (χ4n) is 2.84. The number of fused-ring (bicyclic) bond motifs is 2. The standard InChI is InChI=1S/C17H17N3O3S/c1-20-7-6-11-14(9-20)24-17(18-11)19-16(21)13-8-10-4-3-5-12(22-2)15(10)23-13/h3-5,8H,6-7,9H2,1-2H3,(H,18,19,21). The van der Waals surface area contributed by atoms with Gasteiger partial charge in [-0.05, 0) is 19.2 Å². The Kier molecular flexibility index (Phi) is 3.74. The van der Waals surface area contributed by atoms with Gasteiger partial charge < -0.3 is 14.1 Å². The Balaban J connectivity index is 1.58. The quantitative estimate of drug-likeness (QED) is 0.791. The number of carbonyl (C=O) groups excluding carboxylic acids is 1. The van der Waals surface area contributed by atoms with E-state index in [1.807, 2.05) is 12.1 Å². The summed E-state index contributed by atoms with van der Waals surface area (Å²) in [5.74, 6) is 0.562. The first-order valence-electron chi connectivity index (χ1n) is 7.69. The maximum atomic E-state index is 12.5. The molecule has 1 N–H and O–H groups in total. The number of nitrogens with zero attached hydrogens (tertiary/aromatic N) is 2. The molecular formula is C17H17N3O3S. The molecule has 0 aliphatic carbocycles. The lowest BCUT2D eigenvalue weighted by Crippen LogP contribution is -2.25. The van der Waals surface area contributed by atoms with E-state index in [4.69, 9.17) is 9.15 Å². The summed E-state index contributed by atoms with van der Waals surface area (Å²) in [4.78, 5) is 20.5. The molecule has 0 spiro atoms. The SMILES string of the molecule is COc1cccc2cc(C(=O)Nc3nc4c(s3)CN(C)CC4)oc12. The van der Waals surface area contributed by atoms with Gasteiger partial charge in [0.1, 0.15) is 0 Å². The number of furan rings is 1. The lowest BCUT2D eigenvalue weighted by atomic mass is 10.2. The van der Waals surface area contributed by atoms with E-state index in [-0.39, 0.29) is 11.7 Å². The minimum atomic E-state index is -0.298. The van der Waals surface area contributed by atoms with Gasteiger partial charge in [0, 0.05) is 29.8 Å². The van der Waals surface area contributed by atoms with Crippen molar-refractivity contribution in [2.45, 2.75) is 13.0 Å². The van der Waals surface area contributed by atoms with Crippen LogP contribution >= 0.6 is 11.3 Å². The van der Waals surface area contributed by atoms with Crippen LogP contribution in [0, 0.1) is 0 Å². The van der Waals surface area contributed by atoms with Gasteiger partial charge in [-0.1, -0.05) is 12.1 Å². The van der Waals surface area contributed by atoms with Crippen molar-refractivity contribution in [2.24, 2.45) is 0 Å². The normalized spacial score (nSPS) is 14.6. The maximum absolute atomic E-state index is 12.5. The number of ether oxygens (including phenoxy) is 1. The fourth-order valence-corrected chi connectivity index (χ4v) is 3.93. The molecule has 124 valence electrons. The summed E-state index contributed by atoms with van der Waals surface area (Å²) in [6.07, 6.45) is 0.917. The van der Waals surface area contributed by atoms with Gasteiger partial charge in [0.05, 0.1) is 12.8 Å². The van der Waals surface area contributed by atoms with Crippen molar-refractivity contribution in [3.8, 4) is 5.75 Å². The molecule has 0 bridgehead atoms. The van der Waals surface area contributed by atoms with Crippen molar-refractivity contribution in [3.05, 3.63) is 40.6 Å². The van der Waals surface area contributed by atoms with Gasteiger partial charge >= 0.3 is 0 Å². The molecule has 0 fully saturated rings. The smallest absolute Gasteiger partial charge is 0.293 e. The predicted octanol–water partition coefficient (Wildman–Crippen LogP) is 3.14. The van der Waals surface area contributed by atoms with Crippen molar-refractivity contribution in [1.82, 2.24) is 9.88 Å². The van der Waals surface area contributed by atoms with E-state index in [1.54, 1.807) is 19.2 Å². The van der Waals surface area contributed by atoms with Gasteiger partial charge in [-0.25, -0.2) is 4.98 Å². The van der Waals surface area contributed by atoms with Crippen molar-refractivity contribution in [2.75, 3.05) is 26.0 Å². The Morgan fingerprint density at radius 3 is 3.17 bits per heavy atom. The highest BCUT2D eigenvalue weighted by Gasteiger charge is 2.21. The molecule has 0 radical (unpaired) electrons. The first-order chi connectivity index (χ1) is 11.6. The minimum absolute atomic E-state index is 0.250. The molecule has 0 saturated carbocycles. The van der Waals surface area contributed by atoms with E-state index in [2.05, 4.69) is 22.2 Å². The Labute approximate surface area is 143 Å². The molecule has 7 heteroatoms. The molecule has 3 aromatic rings. The van der Waals surface area contributed by atoms with E-state index < -0.39 is 0 Å². The summed E-state index contributed by atoms with van der Waals surface area (Å²) in [6, 6.07) is 7.27. The first-order valence-corrected chi connectivity index (χ1v) is 8.50. The monoisotopic (exact) mass is 343 g/mol. The maximum Gasteiger partial charge on any atom is 0.293 e. The number of benzene rings is 1. The average molecular weight is 343 g/mol. The third-order valence-corrected chi connectivity index (χ3v) is 5.09. The third-order valence-electron chi connectivity index (χ3n) is 4.09. The molecule has 0 atom stereocenters. The third kappa shape index (κ3) is 2.65. The second kappa shape index (κ2) is 5.92. The van der Waals surface area contributed by atoms with E-state index in [0.717, 1.165) is 30.6 Å². The summed E-state index contributed by atoms with van der Waals surface area (Å²) in [5, 5.41) is 4.30. The van der Waals surface area contributed by atoms with Crippen molar-refractivity contribution < 1.29 is 13.9 Å². The lowest BCUT2D eigenvalue weighted by Gasteiger charge is -2.20. The number of carbonyl (C=O) groups is 1. The number of para-hydroxylation sites is 1. The van der Waals surface area contributed by atoms with E-state index in [0.29, 0.717) is 16.5 Å². The van der Waals surface area contributed by atoms with Crippen molar-refractivity contribution in [1.29, 1.82) is 0 Å². The first kappa shape index (κ1) is 15.2. The van der Waals surface area contributed by atoms with E-state index in [9.17, 15) is 4.79 Å². The molecule has 4 rings (SSSR count). The lowest BCUT2D eigenvalue weighted by molar-refractivity contribution is 0.0998. The summed E-state index contributed by atoms with van der Waals surface area (Å²) < 4.78 is 10.9. The minimum Gasteiger partial charge on any atom is -0.493 e. The van der Waals surface area contributed by atoms with Gasteiger partial charge in [-0.2, -0.15) is 0 Å². The fraction of sp³-hybridized carbons (Fsp3) is 0.294. The van der Waals surface area contributed by atoms with Gasteiger partial charge in [0.25, 0.3) is 5.91 Å². The van der Waals surface area contributed by atoms with Gasteiger partial charge in [-0.15, -0.1) is 11.3 Å². The molecule has 6 nitrogen and oxygen atoms in total. The van der Waals surface area contributed by atoms with Crippen molar-refractivity contribution in [3.63, 3.8) is 0 Å². The van der Waals surface area contributed by atoms with E-state index >= 15 is 0 Å². The highest BCUT2D eigenvalue weighted by molar-refractivity contribution is 7.15. The Morgan fingerprint density at radius 2 is 2.33 bits per heavy atom. The zero-order chi connectivity index (χ0) is 16.7. The molecule has 1 amide bonds. The predicted molar refractivity (Wildman–Crippen MR) is 92.9 cm³/mol. The van der Waals surface area contributed by atoms with Crippen LogP contribution in [0.5, 0.6) is 5.75 Å². The molecule has 0 unspecified atom stereocenters. The largest absolute Gasteiger partial charge is 0.493 e. The molecule has 2 aromatic heterocycles. The number of amides is 1. The highest BCUT2D eigenvalue weighted by Crippen LogP contribution is 2.30. The topological polar surface area (TPSA) is 67.6 Å². The molecule has 1 aliphatic rings. The number of likely N-dealkylation sites (N-methyl/N-ethyl adjacent to an activating group) is 1. The molecule has 3 heterocycles. The van der Waals surface area contributed by atoms with Crippen LogP contribution < -0.4 is 10.1 Å². The van der Waals surface area contributed by atoms with Gasteiger partial charge in [-0.3, -0.25) is 10.1 Å². The second-order valence-corrected chi connectivity index (χ2v) is 6.90. The Morgan fingerprint density at radius 1 is 1.46 bits per heavy atom. The van der Waals surface area contributed by atoms with Crippen LogP contribution in [-0.4, -0.2) is 36.5 Å². The number of nitrogens with one attached hydrogen (secondary N) is 1. The zero-order valence-corrected chi connectivity index (χ0v) is 14.3. The van der Waals surface area contributed by atoms with Crippen LogP contribution in [0.15, 0.2) is 28.7 Å². The summed E-state index contributed by atoms with van der Waals surface area (Å²) in [6.45, 7) is 1.87. The van der Waals surface area contributed by atoms with Crippen LogP contribution in [0.4, 0.5) is 5.13 Å². The van der Waals surface area contributed by atoms with Crippen LogP contribution in [-0.2, 0) is 13.0 Å². The molecule has 0 saturated heterocycles. The molecule has 24 heavy (non-hydrogen) atoms. The summed E-state index contributed by atoms with van der Waals surface area (Å²) in [7, 11) is 3.66. The number of methoxy groups -OCH3 is 1. The molecular weight excluding hydrogens is 326 g/mol. The van der Waals surface area contributed by atoms with Crippen LogP contribution in [0.1, 0.15) is 21.1 Å². The van der Waals surface area contributed by atoms with E-state index in [1.165, 1.54) is 16.2 Å². The summed E-state index contributed by atoms with van der Waals surface area (Å²) in [5.41, 5.74) is 1.66. The molecule has 1 aliphatic heterocycles. The zero-order valence-electron chi connectivity index (χ0n) is 13.5. The number of thiazole rings is 1. The molecule has 1 aromatic carbocycles. The highest BCUT2D eigenvalue weighted by atomic mass is 32.1. The Bertz CT molecular complexity index is 915. The van der Waals surface area contributed by atoms with Crippen LogP contribution in [0.25, 0.3) is 11.0 Å². The number of anilines is 1. The number of hydrogen-bond acceptors (Lipinski definition) is 6. The summed E-state index contributed by atoms with van der Waals surface area (Å²) >= 11 is 1.53. The van der Waals surface area contributed by atoms with Gasteiger partial charge in [0.15, 0.2) is 22.2 Å². The number of rotatable bonds is 3. The Hall–Kier alpha value is -2.38. The van der Waals surface area contributed by atoms with Crippen LogP contribution in [0.2, 0.25) is 0 Å². The average Bonchev–Trinajstić information content (AvgIpc) is 3.17. The van der Waals surface area contributed by atoms with Crippen molar-refractivity contribution >= 4 is 33.3 Å². The number of hydrogen-bond donors (Lipinski definition) is 1. The van der Waals surface area contributed by atoms with Crippen LogP contribution in [0.3, 0.4) is 0 Å². The second-order valence-electron chi connectivity index (χ2n) is 5.82. The van der Waals surface area contributed by atoms with Gasteiger partial charge in [0.2, 0.25) is 0 Å². The number of aromatic nitrogens is 1.